The summed E-state index contributed by atoms with van der Waals surface area (Å²) in [4.78, 5) is 27.2. The van der Waals surface area contributed by atoms with E-state index in [1.54, 1.807) is 17.6 Å². The second kappa shape index (κ2) is 8.98. The predicted molar refractivity (Wildman–Crippen MR) is 120 cm³/mol. The van der Waals surface area contributed by atoms with Gasteiger partial charge in [0.2, 0.25) is 0 Å². The average Bonchev–Trinajstić information content (AvgIpc) is 2.82. The second-order valence-corrected chi connectivity index (χ2v) is 7.74. The standard InChI is InChI=1S/C26H24N2O3/c1-18-7-9-21(10-8-18)24(15-19-5-3-2-4-6-19)26(30)28-14-13-20-11-12-22(25(29)27-31)16-23(20)17-28/h2-12,15-16,31H,13-14,17H2,1H3,(H,27,29)/b24-15+. The first-order valence-electron chi connectivity index (χ1n) is 10.2. The lowest BCUT2D eigenvalue weighted by atomic mass is 9.95. The molecule has 5 heteroatoms. The van der Waals surface area contributed by atoms with Gasteiger partial charge < -0.3 is 4.90 Å². The summed E-state index contributed by atoms with van der Waals surface area (Å²) in [5.41, 5.74) is 7.68. The highest BCUT2D eigenvalue weighted by Crippen LogP contribution is 2.26. The number of carbonyl (C=O) groups excluding carboxylic acids is 2. The molecule has 0 unspecified atom stereocenters. The van der Waals surface area contributed by atoms with E-state index in [0.29, 0.717) is 30.6 Å². The monoisotopic (exact) mass is 412 g/mol. The van der Waals surface area contributed by atoms with Gasteiger partial charge in [-0.2, -0.15) is 0 Å². The summed E-state index contributed by atoms with van der Waals surface area (Å²) in [7, 11) is 0. The largest absolute Gasteiger partial charge is 0.334 e. The van der Waals surface area contributed by atoms with Gasteiger partial charge in [0.25, 0.3) is 11.8 Å². The van der Waals surface area contributed by atoms with Crippen LogP contribution in [0, 0.1) is 6.92 Å². The minimum atomic E-state index is -0.560. The molecule has 1 aliphatic heterocycles. The molecule has 0 aliphatic carbocycles. The van der Waals surface area contributed by atoms with Crippen molar-refractivity contribution in [1.29, 1.82) is 0 Å². The van der Waals surface area contributed by atoms with Gasteiger partial charge in [-0.05, 0) is 53.8 Å². The van der Waals surface area contributed by atoms with E-state index in [2.05, 4.69) is 0 Å². The maximum absolute atomic E-state index is 13.6. The third-order valence-electron chi connectivity index (χ3n) is 5.57. The molecule has 0 spiro atoms. The van der Waals surface area contributed by atoms with Crippen molar-refractivity contribution in [2.45, 2.75) is 19.9 Å². The number of nitrogens with one attached hydrogen (secondary N) is 1. The Morgan fingerprint density at radius 3 is 2.35 bits per heavy atom. The summed E-state index contributed by atoms with van der Waals surface area (Å²) < 4.78 is 0. The molecule has 3 aromatic carbocycles. The summed E-state index contributed by atoms with van der Waals surface area (Å²) in [6.07, 6.45) is 2.65. The molecule has 1 heterocycles. The van der Waals surface area contributed by atoms with Gasteiger partial charge in [-0.3, -0.25) is 14.8 Å². The lowest BCUT2D eigenvalue weighted by Crippen LogP contribution is -2.36. The Hall–Kier alpha value is -3.70. The van der Waals surface area contributed by atoms with Gasteiger partial charge in [-0.15, -0.1) is 0 Å². The van der Waals surface area contributed by atoms with Crippen LogP contribution >= 0.6 is 0 Å². The van der Waals surface area contributed by atoms with Gasteiger partial charge in [-0.1, -0.05) is 66.2 Å². The van der Waals surface area contributed by atoms with Gasteiger partial charge in [0.05, 0.1) is 0 Å². The molecule has 0 fully saturated rings. The number of carbonyl (C=O) groups is 2. The van der Waals surface area contributed by atoms with E-state index in [-0.39, 0.29) is 5.91 Å². The molecule has 1 aliphatic rings. The molecule has 2 N–H and O–H groups in total. The number of aryl methyl sites for hydroxylation is 1. The first-order valence-corrected chi connectivity index (χ1v) is 10.2. The Bertz CT molecular complexity index is 1140. The molecule has 0 atom stereocenters. The van der Waals surface area contributed by atoms with Crippen LogP contribution in [-0.4, -0.2) is 28.5 Å². The maximum atomic E-state index is 13.6. The van der Waals surface area contributed by atoms with E-state index in [1.807, 2.05) is 78.6 Å². The Morgan fingerprint density at radius 2 is 1.65 bits per heavy atom. The highest BCUT2D eigenvalue weighted by atomic mass is 16.5. The summed E-state index contributed by atoms with van der Waals surface area (Å²) in [5, 5.41) is 8.92. The first kappa shape index (κ1) is 20.6. The van der Waals surface area contributed by atoms with Crippen molar-refractivity contribution in [3.05, 3.63) is 106 Å². The number of rotatable bonds is 4. The van der Waals surface area contributed by atoms with Crippen LogP contribution < -0.4 is 5.48 Å². The quantitative estimate of drug-likeness (QED) is 0.291. The zero-order chi connectivity index (χ0) is 21.8. The van der Waals surface area contributed by atoms with E-state index in [0.717, 1.165) is 27.8 Å². The average molecular weight is 412 g/mol. The summed E-state index contributed by atoms with van der Waals surface area (Å²) in [6, 6.07) is 23.1. The predicted octanol–water partition coefficient (Wildman–Crippen LogP) is 4.24. The molecular weight excluding hydrogens is 388 g/mol. The van der Waals surface area contributed by atoms with Crippen molar-refractivity contribution in [2.24, 2.45) is 0 Å². The van der Waals surface area contributed by atoms with Crippen LogP contribution in [-0.2, 0) is 17.8 Å². The van der Waals surface area contributed by atoms with Crippen LogP contribution in [0.15, 0.2) is 72.8 Å². The van der Waals surface area contributed by atoms with Crippen LogP contribution in [0.4, 0.5) is 0 Å². The fourth-order valence-corrected chi connectivity index (χ4v) is 3.82. The number of hydrogen-bond donors (Lipinski definition) is 2. The molecule has 0 saturated carbocycles. The number of hydroxylamine groups is 1. The van der Waals surface area contributed by atoms with Crippen LogP contribution in [0.2, 0.25) is 0 Å². The minimum Gasteiger partial charge on any atom is -0.334 e. The lowest BCUT2D eigenvalue weighted by Gasteiger charge is -2.30. The van der Waals surface area contributed by atoms with Crippen molar-refractivity contribution in [3.8, 4) is 0 Å². The third-order valence-corrected chi connectivity index (χ3v) is 5.57. The van der Waals surface area contributed by atoms with Gasteiger partial charge in [0.1, 0.15) is 0 Å². The number of nitrogens with zero attached hydrogens (tertiary/aromatic N) is 1. The van der Waals surface area contributed by atoms with E-state index < -0.39 is 5.91 Å². The van der Waals surface area contributed by atoms with Crippen molar-refractivity contribution in [1.82, 2.24) is 10.4 Å². The second-order valence-electron chi connectivity index (χ2n) is 7.74. The summed E-state index contributed by atoms with van der Waals surface area (Å²) in [6.45, 7) is 3.04. The normalized spacial score (nSPS) is 13.5. The molecular formula is C26H24N2O3. The topological polar surface area (TPSA) is 69.6 Å². The third kappa shape index (κ3) is 4.57. The molecule has 0 bridgehead atoms. The molecule has 4 rings (SSSR count). The van der Waals surface area contributed by atoms with Gasteiger partial charge in [-0.25, -0.2) is 5.48 Å². The van der Waals surface area contributed by atoms with Gasteiger partial charge in [0, 0.05) is 24.2 Å². The van der Waals surface area contributed by atoms with E-state index in [1.165, 1.54) is 0 Å². The first-order chi connectivity index (χ1) is 15.0. The SMILES string of the molecule is Cc1ccc(/C(=C\c2ccccc2)C(=O)N2CCc3ccc(C(=O)NO)cc3C2)cc1. The fraction of sp³-hybridized carbons (Fsp3) is 0.154. The Morgan fingerprint density at radius 1 is 0.935 bits per heavy atom. The minimum absolute atomic E-state index is 0.0460. The molecule has 2 amide bonds. The zero-order valence-corrected chi connectivity index (χ0v) is 17.3. The van der Waals surface area contributed by atoms with Crippen molar-refractivity contribution >= 4 is 23.5 Å². The van der Waals surface area contributed by atoms with E-state index in [9.17, 15) is 9.59 Å². The molecule has 156 valence electrons. The van der Waals surface area contributed by atoms with Gasteiger partial charge in [0.15, 0.2) is 0 Å². The van der Waals surface area contributed by atoms with Crippen LogP contribution in [0.3, 0.4) is 0 Å². The number of benzene rings is 3. The number of hydrogen-bond acceptors (Lipinski definition) is 3. The smallest absolute Gasteiger partial charge is 0.274 e. The maximum Gasteiger partial charge on any atom is 0.274 e. The molecule has 31 heavy (non-hydrogen) atoms. The van der Waals surface area contributed by atoms with Crippen molar-refractivity contribution in [3.63, 3.8) is 0 Å². The van der Waals surface area contributed by atoms with Crippen LogP contribution in [0.25, 0.3) is 11.6 Å². The number of fused-ring (bicyclic) bond motifs is 1. The Labute approximate surface area is 181 Å². The highest BCUT2D eigenvalue weighted by molar-refractivity contribution is 6.24. The Balaban J connectivity index is 1.67. The summed E-state index contributed by atoms with van der Waals surface area (Å²) >= 11 is 0. The summed E-state index contributed by atoms with van der Waals surface area (Å²) in [5.74, 6) is -0.606. The van der Waals surface area contributed by atoms with Crippen LogP contribution in [0.5, 0.6) is 0 Å². The molecule has 3 aromatic rings. The van der Waals surface area contributed by atoms with Gasteiger partial charge >= 0.3 is 0 Å². The van der Waals surface area contributed by atoms with E-state index in [4.69, 9.17) is 5.21 Å². The van der Waals surface area contributed by atoms with Crippen molar-refractivity contribution < 1.29 is 14.8 Å². The molecule has 0 saturated heterocycles. The van der Waals surface area contributed by atoms with Crippen molar-refractivity contribution in [2.75, 3.05) is 6.54 Å². The molecule has 5 nitrogen and oxygen atoms in total. The van der Waals surface area contributed by atoms with Crippen LogP contribution in [0.1, 0.15) is 38.2 Å². The number of amides is 2. The molecule has 0 radical (unpaired) electrons. The van der Waals surface area contributed by atoms with E-state index >= 15 is 0 Å². The highest BCUT2D eigenvalue weighted by Gasteiger charge is 2.25. The molecule has 0 aromatic heterocycles. The lowest BCUT2D eigenvalue weighted by molar-refractivity contribution is -0.125. The fourth-order valence-electron chi connectivity index (χ4n) is 3.82. The Kier molecular flexibility index (Phi) is 5.96. The zero-order valence-electron chi connectivity index (χ0n) is 17.3.